The van der Waals surface area contributed by atoms with Gasteiger partial charge in [-0.2, -0.15) is 0 Å². The zero-order valence-electron chi connectivity index (χ0n) is 10.1. The summed E-state index contributed by atoms with van der Waals surface area (Å²) in [5, 5.41) is 0.697. The molecule has 0 aliphatic rings. The van der Waals surface area contributed by atoms with Crippen molar-refractivity contribution in [3.63, 3.8) is 0 Å². The molecule has 0 unspecified atom stereocenters. The van der Waals surface area contributed by atoms with Gasteiger partial charge in [0.25, 0.3) is 0 Å². The molecular formula is C13H19ClO. The maximum Gasteiger partial charge on any atom is 0.139 e. The van der Waals surface area contributed by atoms with Crippen molar-refractivity contribution >= 4 is 17.4 Å². The smallest absolute Gasteiger partial charge is 0.139 e. The summed E-state index contributed by atoms with van der Waals surface area (Å²) < 4.78 is 0. The second-order valence-corrected chi connectivity index (χ2v) is 4.12. The molecule has 0 N–H and O–H groups in total. The van der Waals surface area contributed by atoms with Gasteiger partial charge in [-0.1, -0.05) is 37.6 Å². The van der Waals surface area contributed by atoms with Crippen molar-refractivity contribution in [1.29, 1.82) is 0 Å². The summed E-state index contributed by atoms with van der Waals surface area (Å²) in [4.78, 5) is 11.3. The van der Waals surface area contributed by atoms with Gasteiger partial charge in [0.1, 0.15) is 5.78 Å². The van der Waals surface area contributed by atoms with Crippen molar-refractivity contribution in [2.75, 3.05) is 0 Å². The van der Waals surface area contributed by atoms with Gasteiger partial charge in [-0.25, -0.2) is 0 Å². The van der Waals surface area contributed by atoms with Crippen LogP contribution in [0.25, 0.3) is 0 Å². The molecule has 0 spiro atoms. The van der Waals surface area contributed by atoms with Crippen LogP contribution in [0.5, 0.6) is 0 Å². The molecule has 0 saturated carbocycles. The van der Waals surface area contributed by atoms with E-state index in [9.17, 15) is 4.79 Å². The van der Waals surface area contributed by atoms with E-state index in [2.05, 4.69) is 0 Å². The molecule has 0 aliphatic carbocycles. The Morgan fingerprint density at radius 2 is 1.53 bits per heavy atom. The van der Waals surface area contributed by atoms with Crippen LogP contribution >= 0.6 is 11.6 Å². The fourth-order valence-electron chi connectivity index (χ4n) is 1.07. The Labute approximate surface area is 97.5 Å². The Morgan fingerprint density at radius 1 is 1.13 bits per heavy atom. The number of carbonyl (C=O) groups excluding carboxylic acids is 1. The molecule has 1 nitrogen and oxygen atoms in total. The third kappa shape index (κ3) is 3.67. The summed E-state index contributed by atoms with van der Waals surface area (Å²) in [5.74, 6) is 0.162. The van der Waals surface area contributed by atoms with E-state index in [1.165, 1.54) is 0 Å². The van der Waals surface area contributed by atoms with Gasteiger partial charge in [-0.05, 0) is 38.5 Å². The normalized spacial score (nSPS) is 10.3. The summed E-state index contributed by atoms with van der Waals surface area (Å²) in [5.41, 5.74) is 0.592. The maximum absolute atomic E-state index is 11.3. The van der Waals surface area contributed by atoms with Gasteiger partial charge in [-0.3, -0.25) is 4.79 Å². The summed E-state index contributed by atoms with van der Waals surface area (Å²) >= 11 is 5.76. The topological polar surface area (TPSA) is 17.1 Å². The van der Waals surface area contributed by atoms with Gasteiger partial charge in [0, 0.05) is 10.4 Å². The van der Waals surface area contributed by atoms with Gasteiger partial charge in [0.05, 0.1) is 0 Å². The van der Waals surface area contributed by atoms with Crippen molar-refractivity contribution in [3.05, 3.63) is 34.9 Å². The van der Waals surface area contributed by atoms with Gasteiger partial charge < -0.3 is 0 Å². The lowest BCUT2D eigenvalue weighted by Crippen LogP contribution is -2.26. The molecule has 1 aromatic carbocycles. The lowest BCUT2D eigenvalue weighted by atomic mass is 9.81. The van der Waals surface area contributed by atoms with Crippen molar-refractivity contribution in [2.45, 2.75) is 40.0 Å². The van der Waals surface area contributed by atoms with Crippen LogP contribution in [-0.2, 0) is 10.2 Å². The zero-order chi connectivity index (χ0) is 12.1. The molecule has 0 amide bonds. The Morgan fingerprint density at radius 3 is 1.87 bits per heavy atom. The second-order valence-electron chi connectivity index (χ2n) is 3.69. The van der Waals surface area contributed by atoms with Crippen molar-refractivity contribution in [1.82, 2.24) is 0 Å². The molecule has 0 heterocycles. The molecule has 0 aromatic heterocycles. The lowest BCUT2D eigenvalue weighted by Gasteiger charge is -2.21. The van der Waals surface area contributed by atoms with E-state index in [1.54, 1.807) is 6.92 Å². The van der Waals surface area contributed by atoms with Gasteiger partial charge >= 0.3 is 0 Å². The first-order chi connectivity index (χ1) is 6.94. The maximum atomic E-state index is 11.3. The minimum Gasteiger partial charge on any atom is -0.299 e. The first kappa shape index (κ1) is 14.2. The number of rotatable bonds is 2. The highest BCUT2D eigenvalue weighted by Crippen LogP contribution is 2.25. The molecule has 15 heavy (non-hydrogen) atoms. The molecule has 0 bridgehead atoms. The summed E-state index contributed by atoms with van der Waals surface area (Å²) in [6, 6.07) is 7.40. The molecule has 2 heteroatoms. The number of hydrogen-bond donors (Lipinski definition) is 0. The molecule has 84 valence electrons. The zero-order valence-corrected chi connectivity index (χ0v) is 10.9. The van der Waals surface area contributed by atoms with Crippen LogP contribution in [0, 0.1) is 0 Å². The van der Waals surface area contributed by atoms with E-state index in [0.29, 0.717) is 5.02 Å². The summed E-state index contributed by atoms with van der Waals surface area (Å²) in [6.07, 6.45) is 0. The summed E-state index contributed by atoms with van der Waals surface area (Å²) in [6.45, 7) is 9.44. The van der Waals surface area contributed by atoms with Crippen LogP contribution in [0.15, 0.2) is 24.3 Å². The average Bonchev–Trinajstić information content (AvgIpc) is 2.21. The Balaban J connectivity index is 0.000000921. The van der Waals surface area contributed by atoms with Gasteiger partial charge in [0.2, 0.25) is 0 Å². The highest BCUT2D eigenvalue weighted by Gasteiger charge is 2.25. The summed E-state index contributed by atoms with van der Waals surface area (Å²) in [7, 11) is 0. The highest BCUT2D eigenvalue weighted by atomic mass is 35.5. The van der Waals surface area contributed by atoms with E-state index in [1.807, 2.05) is 52.0 Å². The molecular weight excluding hydrogens is 208 g/mol. The molecule has 0 aliphatic heterocycles. The fraction of sp³-hybridized carbons (Fsp3) is 0.462. The number of ketones is 1. The average molecular weight is 227 g/mol. The van der Waals surface area contributed by atoms with E-state index in [0.717, 1.165) is 5.56 Å². The number of halogens is 1. The lowest BCUT2D eigenvalue weighted by molar-refractivity contribution is -0.121. The highest BCUT2D eigenvalue weighted by molar-refractivity contribution is 6.30. The van der Waals surface area contributed by atoms with E-state index < -0.39 is 5.41 Å². The van der Waals surface area contributed by atoms with Crippen molar-refractivity contribution in [2.24, 2.45) is 0 Å². The molecule has 0 radical (unpaired) electrons. The number of benzene rings is 1. The SMILES string of the molecule is CC.CC(=O)C(C)(C)c1ccc(Cl)cc1. The number of carbonyl (C=O) groups is 1. The van der Waals surface area contributed by atoms with Crippen LogP contribution in [0.2, 0.25) is 5.02 Å². The van der Waals surface area contributed by atoms with Crippen molar-refractivity contribution in [3.8, 4) is 0 Å². The number of Topliss-reactive ketones (excluding diaryl/α,β-unsaturated/α-hetero) is 1. The molecule has 1 rings (SSSR count). The van der Waals surface area contributed by atoms with E-state index in [-0.39, 0.29) is 5.78 Å². The first-order valence-electron chi connectivity index (χ1n) is 5.21. The van der Waals surface area contributed by atoms with Crippen LogP contribution in [0.4, 0.5) is 0 Å². The van der Waals surface area contributed by atoms with Gasteiger partial charge in [-0.15, -0.1) is 0 Å². The Bertz CT molecular complexity index is 312. The predicted molar refractivity (Wildman–Crippen MR) is 66.5 cm³/mol. The molecule has 0 saturated heterocycles. The van der Waals surface area contributed by atoms with E-state index in [4.69, 9.17) is 11.6 Å². The standard InChI is InChI=1S/C11H13ClO.C2H6/c1-8(13)11(2,3)9-4-6-10(12)7-5-9;1-2/h4-7H,1-3H3;1-2H3. The predicted octanol–water partition coefficient (Wildman–Crippen LogP) is 4.23. The minimum absolute atomic E-state index is 0.162. The molecule has 1 aromatic rings. The molecule has 0 atom stereocenters. The Hall–Kier alpha value is -0.820. The van der Waals surface area contributed by atoms with Crippen LogP contribution < -0.4 is 0 Å². The van der Waals surface area contributed by atoms with Crippen LogP contribution in [0.1, 0.15) is 40.2 Å². The quantitative estimate of drug-likeness (QED) is 0.738. The third-order valence-corrected chi connectivity index (χ3v) is 2.70. The largest absolute Gasteiger partial charge is 0.299 e. The first-order valence-corrected chi connectivity index (χ1v) is 5.59. The number of hydrogen-bond acceptors (Lipinski definition) is 1. The van der Waals surface area contributed by atoms with Crippen molar-refractivity contribution < 1.29 is 4.79 Å². The minimum atomic E-state index is -0.412. The van der Waals surface area contributed by atoms with Gasteiger partial charge in [0.15, 0.2) is 0 Å². The molecule has 0 fully saturated rings. The third-order valence-electron chi connectivity index (χ3n) is 2.45. The van der Waals surface area contributed by atoms with Crippen LogP contribution in [-0.4, -0.2) is 5.78 Å². The van der Waals surface area contributed by atoms with Crippen LogP contribution in [0.3, 0.4) is 0 Å². The second kappa shape index (κ2) is 5.92. The fourth-order valence-corrected chi connectivity index (χ4v) is 1.20. The Kier molecular flexibility index (Phi) is 5.59. The van der Waals surface area contributed by atoms with E-state index >= 15 is 0 Å². The monoisotopic (exact) mass is 226 g/mol.